The number of halogens is 1. The number of methoxy groups -OCH3 is 1. The third kappa shape index (κ3) is 3.14. The molecule has 0 spiro atoms. The van der Waals surface area contributed by atoms with Crippen LogP contribution < -0.4 is 16.0 Å². The third-order valence-electron chi connectivity index (χ3n) is 2.60. The van der Waals surface area contributed by atoms with E-state index < -0.39 is 0 Å². The molecule has 0 aliphatic heterocycles. The summed E-state index contributed by atoms with van der Waals surface area (Å²) in [4.78, 5) is 16.2. The van der Waals surface area contributed by atoms with Crippen molar-refractivity contribution in [2.45, 2.75) is 13.5 Å². The summed E-state index contributed by atoms with van der Waals surface area (Å²) in [5, 5.41) is 0. The van der Waals surface area contributed by atoms with E-state index in [2.05, 4.69) is 20.9 Å². The number of anilines is 1. The Morgan fingerprint density at radius 2 is 2.11 bits per heavy atom. The van der Waals surface area contributed by atoms with Crippen molar-refractivity contribution < 1.29 is 4.74 Å². The molecule has 0 atom stereocenters. The molecule has 1 aromatic heterocycles. The van der Waals surface area contributed by atoms with E-state index in [-0.39, 0.29) is 5.56 Å². The predicted octanol–water partition coefficient (Wildman–Crippen LogP) is 1.95. The van der Waals surface area contributed by atoms with Crippen LogP contribution in [-0.2, 0) is 6.54 Å². The number of aromatic nitrogens is 2. The van der Waals surface area contributed by atoms with E-state index in [9.17, 15) is 4.79 Å². The predicted molar refractivity (Wildman–Crippen MR) is 77.4 cm³/mol. The Kier molecular flexibility index (Phi) is 3.90. The molecular weight excluding hydrogens is 310 g/mol. The summed E-state index contributed by atoms with van der Waals surface area (Å²) in [5.74, 6) is 0. The van der Waals surface area contributed by atoms with E-state index in [4.69, 9.17) is 10.5 Å². The molecule has 0 saturated carbocycles. The number of ether oxygens (including phenoxy) is 1. The fraction of sp³-hybridized carbons (Fsp3) is 0.231. The van der Waals surface area contributed by atoms with Gasteiger partial charge >= 0.3 is 0 Å². The molecule has 0 bridgehead atoms. The Hall–Kier alpha value is -1.82. The second-order valence-corrected chi connectivity index (χ2v) is 5.12. The lowest BCUT2D eigenvalue weighted by atomic mass is 10.2. The first-order chi connectivity index (χ1) is 8.99. The van der Waals surface area contributed by atoms with Gasteiger partial charge in [-0.1, -0.05) is 15.9 Å². The number of rotatable bonds is 3. The molecule has 0 aliphatic carbocycles. The standard InChI is InChI=1S/C13H14BrN3O2/c1-8-3-12(18)17(13(16-8)19-2)7-9-4-10(14)6-11(15)5-9/h3-6H,7,15H2,1-2H3. The molecule has 1 heterocycles. The summed E-state index contributed by atoms with van der Waals surface area (Å²) in [7, 11) is 1.49. The fourth-order valence-corrected chi connectivity index (χ4v) is 2.40. The topological polar surface area (TPSA) is 70.1 Å². The van der Waals surface area contributed by atoms with Gasteiger partial charge in [-0.05, 0) is 30.7 Å². The third-order valence-corrected chi connectivity index (χ3v) is 3.06. The van der Waals surface area contributed by atoms with Crippen LogP contribution in [0, 0.1) is 6.92 Å². The van der Waals surface area contributed by atoms with Crippen LogP contribution in [0.4, 0.5) is 5.69 Å². The molecule has 0 radical (unpaired) electrons. The average molecular weight is 324 g/mol. The van der Waals surface area contributed by atoms with Crippen LogP contribution >= 0.6 is 15.9 Å². The van der Waals surface area contributed by atoms with Crippen LogP contribution in [0.3, 0.4) is 0 Å². The van der Waals surface area contributed by atoms with Crippen molar-refractivity contribution in [3.8, 4) is 6.01 Å². The molecule has 0 aliphatic rings. The van der Waals surface area contributed by atoms with Crippen LogP contribution in [0.2, 0.25) is 0 Å². The second-order valence-electron chi connectivity index (χ2n) is 4.20. The largest absolute Gasteiger partial charge is 0.468 e. The molecule has 0 fully saturated rings. The zero-order valence-electron chi connectivity index (χ0n) is 10.7. The first-order valence-electron chi connectivity index (χ1n) is 5.67. The number of nitrogens with zero attached hydrogens (tertiary/aromatic N) is 2. The van der Waals surface area contributed by atoms with Gasteiger partial charge < -0.3 is 10.5 Å². The summed E-state index contributed by atoms with van der Waals surface area (Å²) in [6, 6.07) is 7.29. The summed E-state index contributed by atoms with van der Waals surface area (Å²) in [6.07, 6.45) is 0. The minimum Gasteiger partial charge on any atom is -0.468 e. The van der Waals surface area contributed by atoms with Gasteiger partial charge in [-0.25, -0.2) is 4.98 Å². The molecule has 2 aromatic rings. The van der Waals surface area contributed by atoms with Gasteiger partial charge in [0.05, 0.1) is 13.7 Å². The fourth-order valence-electron chi connectivity index (χ4n) is 1.85. The van der Waals surface area contributed by atoms with Gasteiger partial charge in [0, 0.05) is 21.9 Å². The van der Waals surface area contributed by atoms with Gasteiger partial charge in [-0.2, -0.15) is 0 Å². The van der Waals surface area contributed by atoms with Crippen molar-refractivity contribution in [2.75, 3.05) is 12.8 Å². The Balaban J connectivity index is 2.46. The highest BCUT2D eigenvalue weighted by Crippen LogP contribution is 2.18. The van der Waals surface area contributed by atoms with Crippen LogP contribution in [0.25, 0.3) is 0 Å². The summed E-state index contributed by atoms with van der Waals surface area (Å²) < 4.78 is 7.49. The van der Waals surface area contributed by atoms with E-state index in [1.165, 1.54) is 17.7 Å². The van der Waals surface area contributed by atoms with Crippen molar-refractivity contribution in [3.05, 3.63) is 50.3 Å². The number of hydrogen-bond acceptors (Lipinski definition) is 4. The first-order valence-corrected chi connectivity index (χ1v) is 6.46. The SMILES string of the molecule is COc1nc(C)cc(=O)n1Cc1cc(N)cc(Br)c1. The lowest BCUT2D eigenvalue weighted by Crippen LogP contribution is -2.23. The van der Waals surface area contributed by atoms with Gasteiger partial charge in [0.1, 0.15) is 0 Å². The van der Waals surface area contributed by atoms with Gasteiger partial charge in [0.2, 0.25) is 0 Å². The molecule has 0 saturated heterocycles. The number of nitrogen functional groups attached to an aromatic ring is 1. The molecule has 1 aromatic carbocycles. The first kappa shape index (κ1) is 13.6. The van der Waals surface area contributed by atoms with E-state index in [1.807, 2.05) is 12.1 Å². The van der Waals surface area contributed by atoms with Crippen LogP contribution in [0.5, 0.6) is 6.01 Å². The van der Waals surface area contributed by atoms with Gasteiger partial charge in [0.25, 0.3) is 11.6 Å². The molecule has 0 amide bonds. The van der Waals surface area contributed by atoms with E-state index in [0.717, 1.165) is 10.0 Å². The van der Waals surface area contributed by atoms with Crippen molar-refractivity contribution in [2.24, 2.45) is 0 Å². The van der Waals surface area contributed by atoms with Crippen molar-refractivity contribution in [1.29, 1.82) is 0 Å². The van der Waals surface area contributed by atoms with E-state index >= 15 is 0 Å². The molecule has 2 N–H and O–H groups in total. The monoisotopic (exact) mass is 323 g/mol. The van der Waals surface area contributed by atoms with Crippen molar-refractivity contribution in [1.82, 2.24) is 9.55 Å². The molecular formula is C13H14BrN3O2. The smallest absolute Gasteiger partial charge is 0.299 e. The maximum Gasteiger partial charge on any atom is 0.299 e. The van der Waals surface area contributed by atoms with Crippen LogP contribution in [-0.4, -0.2) is 16.7 Å². The number of benzene rings is 1. The van der Waals surface area contributed by atoms with E-state index in [1.54, 1.807) is 13.0 Å². The maximum absolute atomic E-state index is 12.0. The summed E-state index contributed by atoms with van der Waals surface area (Å²) in [5.41, 5.74) is 7.80. The Morgan fingerprint density at radius 1 is 1.37 bits per heavy atom. The number of nitrogens with two attached hydrogens (primary N) is 1. The zero-order valence-corrected chi connectivity index (χ0v) is 12.3. The van der Waals surface area contributed by atoms with Gasteiger partial charge in [0.15, 0.2) is 0 Å². The summed E-state index contributed by atoms with van der Waals surface area (Å²) >= 11 is 3.38. The highest BCUT2D eigenvalue weighted by molar-refractivity contribution is 9.10. The lowest BCUT2D eigenvalue weighted by molar-refractivity contribution is 0.350. The molecule has 0 unspecified atom stereocenters. The molecule has 19 heavy (non-hydrogen) atoms. The highest BCUT2D eigenvalue weighted by atomic mass is 79.9. The van der Waals surface area contributed by atoms with Crippen molar-refractivity contribution >= 4 is 21.6 Å². The normalized spacial score (nSPS) is 10.5. The highest BCUT2D eigenvalue weighted by Gasteiger charge is 2.08. The van der Waals surface area contributed by atoms with E-state index in [0.29, 0.717) is 23.9 Å². The van der Waals surface area contributed by atoms with Gasteiger partial charge in [-0.3, -0.25) is 9.36 Å². The molecule has 5 nitrogen and oxygen atoms in total. The Morgan fingerprint density at radius 3 is 2.74 bits per heavy atom. The minimum atomic E-state index is -0.150. The molecule has 100 valence electrons. The van der Waals surface area contributed by atoms with Crippen LogP contribution in [0.15, 0.2) is 33.5 Å². The van der Waals surface area contributed by atoms with Crippen LogP contribution in [0.1, 0.15) is 11.3 Å². The average Bonchev–Trinajstić information content (AvgIpc) is 2.31. The lowest BCUT2D eigenvalue weighted by Gasteiger charge is -2.11. The molecule has 6 heteroatoms. The quantitative estimate of drug-likeness (QED) is 0.876. The Labute approximate surface area is 119 Å². The summed E-state index contributed by atoms with van der Waals surface area (Å²) in [6.45, 7) is 2.12. The molecule has 2 rings (SSSR count). The maximum atomic E-state index is 12.0. The van der Waals surface area contributed by atoms with Crippen molar-refractivity contribution in [3.63, 3.8) is 0 Å². The van der Waals surface area contributed by atoms with Gasteiger partial charge in [-0.15, -0.1) is 0 Å². The number of aryl methyl sites for hydroxylation is 1. The zero-order chi connectivity index (χ0) is 14.0. The Bertz CT molecular complexity index is 647. The second kappa shape index (κ2) is 5.44. The number of hydrogen-bond donors (Lipinski definition) is 1. The minimum absolute atomic E-state index is 0.150.